The van der Waals surface area contributed by atoms with Crippen LogP contribution in [0.1, 0.15) is 25.0 Å². The maximum absolute atomic E-state index is 9.88. The molecule has 0 fully saturated rings. The Balaban J connectivity index is 1.97. The van der Waals surface area contributed by atoms with E-state index in [9.17, 15) is 15.3 Å². The van der Waals surface area contributed by atoms with Gasteiger partial charge in [0, 0.05) is 31.0 Å². The zero-order valence-corrected chi connectivity index (χ0v) is 12.6. The lowest BCUT2D eigenvalue weighted by molar-refractivity contribution is 0.0132. The van der Waals surface area contributed by atoms with Crippen molar-refractivity contribution in [3.05, 3.63) is 29.3 Å². The molecule has 1 aliphatic rings. The van der Waals surface area contributed by atoms with E-state index in [0.29, 0.717) is 31.2 Å². The molecule has 0 heterocycles. The molecule has 1 unspecified atom stereocenters. The van der Waals surface area contributed by atoms with Crippen LogP contribution in [-0.4, -0.2) is 52.8 Å². The summed E-state index contributed by atoms with van der Waals surface area (Å²) < 4.78 is 5.70. The van der Waals surface area contributed by atoms with Gasteiger partial charge in [0.15, 0.2) is 0 Å². The van der Waals surface area contributed by atoms with Crippen molar-refractivity contribution in [2.24, 2.45) is 0 Å². The van der Waals surface area contributed by atoms with Gasteiger partial charge in [0.2, 0.25) is 0 Å². The van der Waals surface area contributed by atoms with Crippen LogP contribution >= 0.6 is 0 Å². The van der Waals surface area contributed by atoms with Crippen molar-refractivity contribution in [2.75, 3.05) is 13.2 Å². The minimum atomic E-state index is -0.755. The number of hydrogen-bond acceptors (Lipinski definition) is 5. The van der Waals surface area contributed by atoms with Crippen LogP contribution in [0, 0.1) is 0 Å². The molecule has 0 aromatic heterocycles. The zero-order chi connectivity index (χ0) is 15.4. The molecular weight excluding hydrogens is 270 g/mol. The fourth-order valence-corrected chi connectivity index (χ4v) is 2.49. The predicted octanol–water partition coefficient (Wildman–Crippen LogP) is 0.245. The summed E-state index contributed by atoms with van der Waals surface area (Å²) in [6.07, 6.45) is -1.23. The maximum atomic E-state index is 9.88. The quantitative estimate of drug-likeness (QED) is 0.605. The Kier molecular flexibility index (Phi) is 5.58. The third kappa shape index (κ3) is 4.41. The number of aliphatic hydroxyl groups excluding tert-OH is 3. The summed E-state index contributed by atoms with van der Waals surface area (Å²) in [6, 6.07) is 5.97. The molecule has 0 bridgehead atoms. The Labute approximate surface area is 125 Å². The van der Waals surface area contributed by atoms with Crippen LogP contribution in [0.4, 0.5) is 0 Å². The highest BCUT2D eigenvalue weighted by Gasteiger charge is 2.27. The molecule has 4 N–H and O–H groups in total. The molecule has 1 aliphatic carbocycles. The summed E-state index contributed by atoms with van der Waals surface area (Å²) in [5, 5.41) is 32.6. The van der Waals surface area contributed by atoms with E-state index in [1.54, 1.807) is 0 Å². The van der Waals surface area contributed by atoms with Gasteiger partial charge in [-0.2, -0.15) is 0 Å². The van der Waals surface area contributed by atoms with Crippen molar-refractivity contribution in [2.45, 2.75) is 51.0 Å². The van der Waals surface area contributed by atoms with Gasteiger partial charge < -0.3 is 25.4 Å². The lowest BCUT2D eigenvalue weighted by Gasteiger charge is -2.27. The molecule has 0 spiro atoms. The Bertz CT molecular complexity index is 464. The number of fused-ring (bicyclic) bond motifs is 1. The van der Waals surface area contributed by atoms with Gasteiger partial charge in [-0.1, -0.05) is 26.0 Å². The van der Waals surface area contributed by atoms with Crippen LogP contribution in [0.25, 0.3) is 0 Å². The summed E-state index contributed by atoms with van der Waals surface area (Å²) in [4.78, 5) is 0. The second kappa shape index (κ2) is 7.22. The molecule has 118 valence electrons. The van der Waals surface area contributed by atoms with E-state index in [2.05, 4.69) is 5.32 Å². The first-order chi connectivity index (χ1) is 9.97. The molecule has 5 nitrogen and oxygen atoms in total. The average Bonchev–Trinajstić information content (AvgIpc) is 2.44. The molecule has 5 heteroatoms. The van der Waals surface area contributed by atoms with Gasteiger partial charge in [-0.3, -0.25) is 0 Å². The summed E-state index contributed by atoms with van der Waals surface area (Å²) in [5.74, 6) is 0.682. The van der Waals surface area contributed by atoms with Crippen LogP contribution in [0.3, 0.4) is 0 Å². The molecule has 2 rings (SSSR count). The molecule has 0 saturated carbocycles. The summed E-state index contributed by atoms with van der Waals surface area (Å²) >= 11 is 0. The summed E-state index contributed by atoms with van der Waals surface area (Å²) in [6.45, 7) is 4.73. The Morgan fingerprint density at radius 1 is 1.24 bits per heavy atom. The van der Waals surface area contributed by atoms with Crippen molar-refractivity contribution in [1.82, 2.24) is 5.32 Å². The highest BCUT2D eigenvalue weighted by molar-refractivity contribution is 5.43. The number of rotatable bonds is 6. The molecule has 0 aliphatic heterocycles. The van der Waals surface area contributed by atoms with Crippen molar-refractivity contribution in [3.63, 3.8) is 0 Å². The number of aliphatic hydroxyl groups is 3. The minimum Gasteiger partial charge on any atom is -0.491 e. The smallest absolute Gasteiger partial charge is 0.123 e. The maximum Gasteiger partial charge on any atom is 0.123 e. The highest BCUT2D eigenvalue weighted by atomic mass is 16.5. The van der Waals surface area contributed by atoms with Crippen LogP contribution in [0.2, 0.25) is 0 Å². The van der Waals surface area contributed by atoms with E-state index < -0.39 is 18.3 Å². The van der Waals surface area contributed by atoms with Gasteiger partial charge in [-0.05, 0) is 11.6 Å². The fourth-order valence-electron chi connectivity index (χ4n) is 2.49. The minimum absolute atomic E-state index is 0.203. The SMILES string of the molecule is CC(C)NCC(O)COc1cccc2c1C[C@H](O)[C@H](O)C2. The number of benzene rings is 1. The van der Waals surface area contributed by atoms with Crippen LogP contribution in [0.15, 0.2) is 18.2 Å². The molecule has 3 atom stereocenters. The normalized spacial score (nSPS) is 23.0. The van der Waals surface area contributed by atoms with Crippen molar-refractivity contribution >= 4 is 0 Å². The molecular formula is C16H25NO4. The first kappa shape index (κ1) is 16.2. The van der Waals surface area contributed by atoms with Crippen molar-refractivity contribution in [1.29, 1.82) is 0 Å². The Hall–Kier alpha value is -1.14. The molecule has 0 radical (unpaired) electrons. The number of hydrogen-bond donors (Lipinski definition) is 4. The highest BCUT2D eigenvalue weighted by Crippen LogP contribution is 2.30. The third-order valence-corrected chi connectivity index (χ3v) is 3.71. The molecule has 0 amide bonds. The standard InChI is InChI=1S/C16H25NO4/c1-10(2)17-8-12(18)9-21-16-5-3-4-11-6-14(19)15(20)7-13(11)16/h3-5,10,12,14-15,17-20H,6-9H2,1-2H3/t12?,14-,15+/m1/s1. The molecule has 1 aromatic rings. The number of nitrogens with one attached hydrogen (secondary N) is 1. The predicted molar refractivity (Wildman–Crippen MR) is 80.5 cm³/mol. The van der Waals surface area contributed by atoms with E-state index in [-0.39, 0.29) is 6.61 Å². The zero-order valence-electron chi connectivity index (χ0n) is 12.6. The molecule has 0 saturated heterocycles. The van der Waals surface area contributed by atoms with Gasteiger partial charge >= 0.3 is 0 Å². The second-order valence-corrected chi connectivity index (χ2v) is 5.96. The van der Waals surface area contributed by atoms with Crippen LogP contribution in [-0.2, 0) is 12.8 Å². The van der Waals surface area contributed by atoms with E-state index in [1.807, 2.05) is 32.0 Å². The Morgan fingerprint density at radius 2 is 1.95 bits per heavy atom. The van der Waals surface area contributed by atoms with Gasteiger partial charge in [0.05, 0.1) is 12.2 Å². The number of ether oxygens (including phenoxy) is 1. The van der Waals surface area contributed by atoms with Gasteiger partial charge in [-0.15, -0.1) is 0 Å². The van der Waals surface area contributed by atoms with Gasteiger partial charge in [0.1, 0.15) is 18.5 Å². The lowest BCUT2D eigenvalue weighted by Crippen LogP contribution is -2.36. The summed E-state index contributed by atoms with van der Waals surface area (Å²) in [5.41, 5.74) is 1.93. The second-order valence-electron chi connectivity index (χ2n) is 5.96. The Morgan fingerprint density at radius 3 is 2.67 bits per heavy atom. The van der Waals surface area contributed by atoms with Crippen molar-refractivity contribution < 1.29 is 20.1 Å². The largest absolute Gasteiger partial charge is 0.491 e. The summed E-state index contributed by atoms with van der Waals surface area (Å²) in [7, 11) is 0. The first-order valence-corrected chi connectivity index (χ1v) is 7.48. The third-order valence-electron chi connectivity index (χ3n) is 3.71. The van der Waals surface area contributed by atoms with Crippen LogP contribution < -0.4 is 10.1 Å². The monoisotopic (exact) mass is 295 g/mol. The van der Waals surface area contributed by atoms with Crippen LogP contribution in [0.5, 0.6) is 5.75 Å². The lowest BCUT2D eigenvalue weighted by atomic mass is 9.87. The topological polar surface area (TPSA) is 82.0 Å². The molecule has 1 aromatic carbocycles. The van der Waals surface area contributed by atoms with Gasteiger partial charge in [0.25, 0.3) is 0 Å². The average molecular weight is 295 g/mol. The van der Waals surface area contributed by atoms with E-state index >= 15 is 0 Å². The fraction of sp³-hybridized carbons (Fsp3) is 0.625. The van der Waals surface area contributed by atoms with E-state index in [4.69, 9.17) is 4.74 Å². The van der Waals surface area contributed by atoms with Crippen molar-refractivity contribution in [3.8, 4) is 5.75 Å². The van der Waals surface area contributed by atoms with E-state index in [1.165, 1.54) is 0 Å². The molecule has 21 heavy (non-hydrogen) atoms. The first-order valence-electron chi connectivity index (χ1n) is 7.48. The van der Waals surface area contributed by atoms with E-state index in [0.717, 1.165) is 11.1 Å². The van der Waals surface area contributed by atoms with Gasteiger partial charge in [-0.25, -0.2) is 0 Å².